The predicted molar refractivity (Wildman–Crippen MR) is 82.1 cm³/mol. The van der Waals surface area contributed by atoms with Crippen molar-refractivity contribution in [2.45, 2.75) is 25.8 Å². The van der Waals surface area contributed by atoms with Crippen LogP contribution in [0, 0.1) is 0 Å². The van der Waals surface area contributed by atoms with Crippen molar-refractivity contribution in [2.24, 2.45) is 5.73 Å². The summed E-state index contributed by atoms with van der Waals surface area (Å²) in [4.78, 5) is 4.00. The summed E-state index contributed by atoms with van der Waals surface area (Å²) in [6, 6.07) is 9.64. The Labute approximate surface area is 124 Å². The summed E-state index contributed by atoms with van der Waals surface area (Å²) in [5.74, 6) is 0.786. The summed E-state index contributed by atoms with van der Waals surface area (Å²) in [5, 5.41) is 0.659. The van der Waals surface area contributed by atoms with E-state index in [1.54, 1.807) is 0 Å². The molecule has 0 spiro atoms. The highest BCUT2D eigenvalue weighted by Gasteiger charge is 2.06. The lowest BCUT2D eigenvalue weighted by Crippen LogP contribution is -2.06. The topological polar surface area (TPSA) is 48.1 Å². The van der Waals surface area contributed by atoms with Crippen molar-refractivity contribution in [3.05, 3.63) is 58.9 Å². The molecule has 0 saturated carbocycles. The fourth-order valence-electron chi connectivity index (χ4n) is 1.98. The largest absolute Gasteiger partial charge is 0.494 e. The van der Waals surface area contributed by atoms with Gasteiger partial charge in [0.25, 0.3) is 0 Å². The van der Waals surface area contributed by atoms with Gasteiger partial charge < -0.3 is 10.5 Å². The normalized spacial score (nSPS) is 12.2. The molecule has 1 atom stereocenters. The SMILES string of the molecule is CC(N)c1ccc(OCCCc2ccncc2)cc1Cl. The van der Waals surface area contributed by atoms with Crippen LogP contribution in [0.2, 0.25) is 5.02 Å². The summed E-state index contributed by atoms with van der Waals surface area (Å²) in [6.07, 6.45) is 5.55. The minimum Gasteiger partial charge on any atom is -0.494 e. The van der Waals surface area contributed by atoms with Crippen molar-refractivity contribution in [1.82, 2.24) is 4.98 Å². The molecule has 2 N–H and O–H groups in total. The second-order valence-corrected chi connectivity index (χ2v) is 5.19. The van der Waals surface area contributed by atoms with Crippen LogP contribution in [0.5, 0.6) is 5.75 Å². The van der Waals surface area contributed by atoms with Gasteiger partial charge in [-0.25, -0.2) is 0 Å². The summed E-state index contributed by atoms with van der Waals surface area (Å²) >= 11 is 6.17. The van der Waals surface area contributed by atoms with Crippen molar-refractivity contribution < 1.29 is 4.74 Å². The number of pyridine rings is 1. The molecule has 1 heterocycles. The first-order valence-corrected chi connectivity index (χ1v) is 7.11. The molecule has 0 saturated heterocycles. The van der Waals surface area contributed by atoms with Crippen LogP contribution < -0.4 is 10.5 Å². The van der Waals surface area contributed by atoms with E-state index < -0.39 is 0 Å². The van der Waals surface area contributed by atoms with Gasteiger partial charge in [-0.1, -0.05) is 17.7 Å². The Morgan fingerprint density at radius 3 is 2.65 bits per heavy atom. The molecule has 0 fully saturated rings. The number of nitrogens with two attached hydrogens (primary N) is 1. The number of benzene rings is 1. The molecular formula is C16H19ClN2O. The lowest BCUT2D eigenvalue weighted by atomic mass is 10.1. The summed E-state index contributed by atoms with van der Waals surface area (Å²) in [6.45, 7) is 2.58. The smallest absolute Gasteiger partial charge is 0.120 e. The molecule has 1 aromatic carbocycles. The van der Waals surface area contributed by atoms with Crippen LogP contribution in [0.4, 0.5) is 0 Å². The number of ether oxygens (including phenoxy) is 1. The number of aromatic nitrogens is 1. The summed E-state index contributed by atoms with van der Waals surface area (Å²) in [7, 11) is 0. The van der Waals surface area contributed by atoms with E-state index in [0.29, 0.717) is 11.6 Å². The Morgan fingerprint density at radius 2 is 2.00 bits per heavy atom. The maximum absolute atomic E-state index is 6.17. The number of nitrogens with zero attached hydrogens (tertiary/aromatic N) is 1. The third kappa shape index (κ3) is 4.22. The van der Waals surface area contributed by atoms with E-state index in [9.17, 15) is 0 Å². The number of halogens is 1. The van der Waals surface area contributed by atoms with Gasteiger partial charge in [0.05, 0.1) is 6.61 Å². The van der Waals surface area contributed by atoms with Gasteiger partial charge in [-0.05, 0) is 55.2 Å². The van der Waals surface area contributed by atoms with Gasteiger partial charge in [0.2, 0.25) is 0 Å². The molecule has 3 nitrogen and oxygen atoms in total. The molecule has 2 rings (SSSR count). The highest BCUT2D eigenvalue weighted by Crippen LogP contribution is 2.26. The molecule has 0 bridgehead atoms. The van der Waals surface area contributed by atoms with E-state index in [4.69, 9.17) is 22.1 Å². The molecule has 106 valence electrons. The van der Waals surface area contributed by atoms with E-state index >= 15 is 0 Å². The molecule has 4 heteroatoms. The lowest BCUT2D eigenvalue weighted by molar-refractivity contribution is 0.311. The van der Waals surface area contributed by atoms with Gasteiger partial charge >= 0.3 is 0 Å². The second kappa shape index (κ2) is 7.27. The van der Waals surface area contributed by atoms with E-state index in [1.165, 1.54) is 5.56 Å². The number of aryl methyl sites for hydroxylation is 1. The molecular weight excluding hydrogens is 272 g/mol. The quantitative estimate of drug-likeness (QED) is 0.824. The van der Waals surface area contributed by atoms with E-state index in [-0.39, 0.29) is 6.04 Å². The zero-order valence-electron chi connectivity index (χ0n) is 11.6. The first-order chi connectivity index (χ1) is 9.66. The van der Waals surface area contributed by atoms with Gasteiger partial charge in [-0.15, -0.1) is 0 Å². The van der Waals surface area contributed by atoms with Crippen molar-refractivity contribution in [3.8, 4) is 5.75 Å². The Bertz CT molecular complexity index is 543. The summed E-state index contributed by atoms with van der Waals surface area (Å²) < 4.78 is 5.70. The van der Waals surface area contributed by atoms with Crippen molar-refractivity contribution >= 4 is 11.6 Å². The van der Waals surface area contributed by atoms with Gasteiger partial charge in [0, 0.05) is 23.5 Å². The second-order valence-electron chi connectivity index (χ2n) is 4.78. The van der Waals surface area contributed by atoms with E-state index in [0.717, 1.165) is 24.2 Å². The van der Waals surface area contributed by atoms with Gasteiger partial charge in [0.1, 0.15) is 5.75 Å². The predicted octanol–water partition coefficient (Wildman–Crippen LogP) is 3.77. The van der Waals surface area contributed by atoms with Crippen LogP contribution >= 0.6 is 11.6 Å². The first kappa shape index (κ1) is 14.8. The molecule has 20 heavy (non-hydrogen) atoms. The molecule has 0 aliphatic heterocycles. The standard InChI is InChI=1S/C16H19ClN2O/c1-12(18)15-5-4-14(11-16(15)17)20-10-2-3-13-6-8-19-9-7-13/h4-9,11-12H,2-3,10,18H2,1H3. The number of rotatable bonds is 6. The molecule has 2 aromatic rings. The maximum atomic E-state index is 6.17. The Balaban J connectivity index is 1.81. The number of hydrogen-bond donors (Lipinski definition) is 1. The third-order valence-electron chi connectivity index (χ3n) is 3.09. The zero-order valence-corrected chi connectivity index (χ0v) is 12.3. The van der Waals surface area contributed by atoms with Crippen LogP contribution in [-0.2, 0) is 6.42 Å². The van der Waals surface area contributed by atoms with Crippen LogP contribution in [-0.4, -0.2) is 11.6 Å². The van der Waals surface area contributed by atoms with Crippen LogP contribution in [0.25, 0.3) is 0 Å². The first-order valence-electron chi connectivity index (χ1n) is 6.73. The van der Waals surface area contributed by atoms with Gasteiger partial charge in [-0.2, -0.15) is 0 Å². The molecule has 0 radical (unpaired) electrons. The van der Waals surface area contributed by atoms with Crippen molar-refractivity contribution in [1.29, 1.82) is 0 Å². The monoisotopic (exact) mass is 290 g/mol. The molecule has 0 amide bonds. The van der Waals surface area contributed by atoms with E-state index in [1.807, 2.05) is 49.6 Å². The highest BCUT2D eigenvalue weighted by atomic mass is 35.5. The maximum Gasteiger partial charge on any atom is 0.120 e. The summed E-state index contributed by atoms with van der Waals surface area (Å²) in [5.41, 5.74) is 8.03. The molecule has 1 unspecified atom stereocenters. The lowest BCUT2D eigenvalue weighted by Gasteiger charge is -2.11. The van der Waals surface area contributed by atoms with Crippen LogP contribution in [0.3, 0.4) is 0 Å². The zero-order chi connectivity index (χ0) is 14.4. The van der Waals surface area contributed by atoms with Gasteiger partial charge in [-0.3, -0.25) is 4.98 Å². The highest BCUT2D eigenvalue weighted by molar-refractivity contribution is 6.31. The third-order valence-corrected chi connectivity index (χ3v) is 3.42. The number of hydrogen-bond acceptors (Lipinski definition) is 3. The Morgan fingerprint density at radius 1 is 1.25 bits per heavy atom. The molecule has 0 aliphatic carbocycles. The van der Waals surface area contributed by atoms with Crippen molar-refractivity contribution in [2.75, 3.05) is 6.61 Å². The molecule has 1 aromatic heterocycles. The molecule has 0 aliphatic rings. The van der Waals surface area contributed by atoms with Crippen LogP contribution in [0.15, 0.2) is 42.7 Å². The minimum absolute atomic E-state index is 0.0664. The van der Waals surface area contributed by atoms with Crippen molar-refractivity contribution in [3.63, 3.8) is 0 Å². The van der Waals surface area contributed by atoms with Gasteiger partial charge in [0.15, 0.2) is 0 Å². The van der Waals surface area contributed by atoms with E-state index in [2.05, 4.69) is 4.98 Å². The fraction of sp³-hybridized carbons (Fsp3) is 0.312. The minimum atomic E-state index is -0.0664. The Hall–Kier alpha value is -1.58. The van der Waals surface area contributed by atoms with Crippen LogP contribution in [0.1, 0.15) is 30.5 Å². The average Bonchev–Trinajstić information content (AvgIpc) is 2.44. The fourth-order valence-corrected chi connectivity index (χ4v) is 2.33. The Kier molecular flexibility index (Phi) is 5.39. The average molecular weight is 291 g/mol.